The van der Waals surface area contributed by atoms with E-state index in [9.17, 15) is 8.42 Å². The normalized spacial score (nSPS) is 13.2. The van der Waals surface area contributed by atoms with Crippen molar-refractivity contribution in [3.8, 4) is 5.75 Å². The van der Waals surface area contributed by atoms with E-state index in [2.05, 4.69) is 12.2 Å². The molecule has 108 valence electrons. The number of methoxy groups -OCH3 is 1. The van der Waals surface area contributed by atoms with Crippen LogP contribution in [-0.4, -0.2) is 34.4 Å². The molecule has 0 fully saturated rings. The van der Waals surface area contributed by atoms with E-state index in [0.717, 1.165) is 12.8 Å². The van der Waals surface area contributed by atoms with Gasteiger partial charge in [0.15, 0.2) is 9.84 Å². The molecule has 1 rings (SSSR count). The van der Waals surface area contributed by atoms with Gasteiger partial charge in [0.1, 0.15) is 5.75 Å². The van der Waals surface area contributed by atoms with Gasteiger partial charge in [0.25, 0.3) is 0 Å². The Hall–Kier alpha value is -1.07. The van der Waals surface area contributed by atoms with Gasteiger partial charge in [-0.1, -0.05) is 6.92 Å². The fraction of sp³-hybridized carbons (Fsp3) is 0.571. The van der Waals surface area contributed by atoms with Gasteiger partial charge in [-0.25, -0.2) is 8.42 Å². The second-order valence-electron chi connectivity index (χ2n) is 4.53. The molecule has 0 amide bonds. The molecule has 0 saturated carbocycles. The highest BCUT2D eigenvalue weighted by Gasteiger charge is 2.15. The van der Waals surface area contributed by atoms with E-state index in [-0.39, 0.29) is 5.75 Å². The largest absolute Gasteiger partial charge is 0.497 e. The molecule has 1 N–H and O–H groups in total. The average molecular weight is 285 g/mol. The summed E-state index contributed by atoms with van der Waals surface area (Å²) in [6, 6.07) is 6.95. The molecule has 0 bridgehead atoms. The highest BCUT2D eigenvalue weighted by molar-refractivity contribution is 7.91. The summed E-state index contributed by atoms with van der Waals surface area (Å²) in [4.78, 5) is 0.366. The number of hydrogen-bond acceptors (Lipinski definition) is 4. The molecule has 0 aliphatic rings. The van der Waals surface area contributed by atoms with E-state index in [4.69, 9.17) is 4.74 Å². The van der Waals surface area contributed by atoms with E-state index < -0.39 is 9.84 Å². The highest BCUT2D eigenvalue weighted by Crippen LogP contribution is 2.18. The predicted molar refractivity (Wildman–Crippen MR) is 77.4 cm³/mol. The molecule has 1 atom stereocenters. The summed E-state index contributed by atoms with van der Waals surface area (Å²) in [5, 5.41) is 3.18. The highest BCUT2D eigenvalue weighted by atomic mass is 32.2. The molecule has 0 aromatic heterocycles. The summed E-state index contributed by atoms with van der Waals surface area (Å²) in [7, 11) is 0.290. The van der Waals surface area contributed by atoms with Crippen LogP contribution in [0.25, 0.3) is 0 Å². The zero-order valence-electron chi connectivity index (χ0n) is 11.8. The van der Waals surface area contributed by atoms with Gasteiger partial charge < -0.3 is 10.1 Å². The maximum atomic E-state index is 12.1. The fourth-order valence-electron chi connectivity index (χ4n) is 1.97. The minimum Gasteiger partial charge on any atom is -0.497 e. The summed E-state index contributed by atoms with van der Waals surface area (Å²) in [6.07, 6.45) is 2.56. The maximum Gasteiger partial charge on any atom is 0.178 e. The molecule has 0 aliphatic heterocycles. The lowest BCUT2D eigenvalue weighted by molar-refractivity contribution is 0.414. The molecule has 1 unspecified atom stereocenters. The summed E-state index contributed by atoms with van der Waals surface area (Å²) < 4.78 is 29.3. The maximum absolute atomic E-state index is 12.1. The zero-order valence-corrected chi connectivity index (χ0v) is 12.7. The summed E-state index contributed by atoms with van der Waals surface area (Å²) in [6.45, 7) is 2.10. The first-order valence-corrected chi connectivity index (χ1v) is 8.22. The Morgan fingerprint density at radius 1 is 1.26 bits per heavy atom. The first-order chi connectivity index (χ1) is 9.03. The molecule has 19 heavy (non-hydrogen) atoms. The summed E-state index contributed by atoms with van der Waals surface area (Å²) in [5.41, 5.74) is 0. The molecular weight excluding hydrogens is 262 g/mol. The minimum atomic E-state index is -3.18. The molecule has 1 aromatic rings. The van der Waals surface area contributed by atoms with Crippen LogP contribution in [0.3, 0.4) is 0 Å². The van der Waals surface area contributed by atoms with Crippen LogP contribution in [0.4, 0.5) is 0 Å². The van der Waals surface area contributed by atoms with Crippen LogP contribution in [0, 0.1) is 0 Å². The monoisotopic (exact) mass is 285 g/mol. The van der Waals surface area contributed by atoms with Gasteiger partial charge in [-0.3, -0.25) is 0 Å². The SMILES string of the molecule is CCC(CCCS(=O)(=O)c1ccc(OC)cc1)NC. The van der Waals surface area contributed by atoms with Crippen molar-refractivity contribution >= 4 is 9.84 Å². The summed E-state index contributed by atoms with van der Waals surface area (Å²) >= 11 is 0. The lowest BCUT2D eigenvalue weighted by Crippen LogP contribution is -2.24. The van der Waals surface area contributed by atoms with Crippen LogP contribution in [-0.2, 0) is 9.84 Å². The minimum absolute atomic E-state index is 0.192. The van der Waals surface area contributed by atoms with Crippen LogP contribution < -0.4 is 10.1 Å². The zero-order chi connectivity index (χ0) is 14.3. The van der Waals surface area contributed by atoms with Gasteiger partial charge in [-0.15, -0.1) is 0 Å². The van der Waals surface area contributed by atoms with E-state index in [1.807, 2.05) is 7.05 Å². The Balaban J connectivity index is 2.60. The van der Waals surface area contributed by atoms with Crippen molar-refractivity contribution in [2.75, 3.05) is 19.9 Å². The molecule has 5 heteroatoms. The quantitative estimate of drug-likeness (QED) is 0.796. The van der Waals surface area contributed by atoms with Crippen molar-refractivity contribution in [3.63, 3.8) is 0 Å². The van der Waals surface area contributed by atoms with Crippen LogP contribution in [0.5, 0.6) is 5.75 Å². The van der Waals surface area contributed by atoms with Crippen LogP contribution in [0.2, 0.25) is 0 Å². The molecule has 1 aromatic carbocycles. The first kappa shape index (κ1) is 16.0. The Kier molecular flexibility index (Phi) is 6.31. The molecule has 0 heterocycles. The number of ether oxygens (including phenoxy) is 1. The van der Waals surface area contributed by atoms with Crippen molar-refractivity contribution < 1.29 is 13.2 Å². The third-order valence-electron chi connectivity index (χ3n) is 3.29. The van der Waals surface area contributed by atoms with E-state index >= 15 is 0 Å². The second-order valence-corrected chi connectivity index (χ2v) is 6.64. The molecule has 0 spiro atoms. The Morgan fingerprint density at radius 3 is 2.37 bits per heavy atom. The molecular formula is C14H23NO3S. The van der Waals surface area contributed by atoms with Crippen LogP contribution in [0.1, 0.15) is 26.2 Å². The van der Waals surface area contributed by atoms with Crippen LogP contribution in [0.15, 0.2) is 29.2 Å². The third kappa shape index (κ3) is 4.84. The van der Waals surface area contributed by atoms with Crippen molar-refractivity contribution in [2.45, 2.75) is 37.1 Å². The number of nitrogens with one attached hydrogen (secondary N) is 1. The van der Waals surface area contributed by atoms with E-state index in [0.29, 0.717) is 23.1 Å². The molecule has 0 saturated heterocycles. The first-order valence-electron chi connectivity index (χ1n) is 6.57. The Morgan fingerprint density at radius 2 is 1.89 bits per heavy atom. The fourth-order valence-corrected chi connectivity index (χ4v) is 3.31. The number of rotatable bonds is 8. The van der Waals surface area contributed by atoms with Gasteiger partial charge in [0.05, 0.1) is 17.8 Å². The van der Waals surface area contributed by atoms with Gasteiger partial charge in [0.2, 0.25) is 0 Å². The third-order valence-corrected chi connectivity index (χ3v) is 5.10. The van der Waals surface area contributed by atoms with Crippen molar-refractivity contribution in [3.05, 3.63) is 24.3 Å². The topological polar surface area (TPSA) is 55.4 Å². The van der Waals surface area contributed by atoms with Crippen molar-refractivity contribution in [1.29, 1.82) is 0 Å². The van der Waals surface area contributed by atoms with Crippen molar-refractivity contribution in [2.24, 2.45) is 0 Å². The lowest BCUT2D eigenvalue weighted by Gasteiger charge is -2.13. The number of hydrogen-bond donors (Lipinski definition) is 1. The smallest absolute Gasteiger partial charge is 0.178 e. The Labute approximate surface area is 116 Å². The molecule has 0 aliphatic carbocycles. The van der Waals surface area contributed by atoms with Gasteiger partial charge in [-0.2, -0.15) is 0 Å². The van der Waals surface area contributed by atoms with Crippen molar-refractivity contribution in [1.82, 2.24) is 5.32 Å². The van der Waals surface area contributed by atoms with Crippen LogP contribution >= 0.6 is 0 Å². The van der Waals surface area contributed by atoms with E-state index in [1.54, 1.807) is 31.4 Å². The lowest BCUT2D eigenvalue weighted by atomic mass is 10.1. The Bertz CT molecular complexity index is 464. The van der Waals surface area contributed by atoms with Gasteiger partial charge in [-0.05, 0) is 50.6 Å². The number of benzene rings is 1. The summed E-state index contributed by atoms with van der Waals surface area (Å²) in [5.74, 6) is 0.859. The average Bonchev–Trinajstić information content (AvgIpc) is 2.43. The number of sulfone groups is 1. The predicted octanol–water partition coefficient (Wildman–Crippen LogP) is 2.25. The van der Waals surface area contributed by atoms with Gasteiger partial charge in [0, 0.05) is 6.04 Å². The van der Waals surface area contributed by atoms with E-state index in [1.165, 1.54) is 0 Å². The molecule has 4 nitrogen and oxygen atoms in total. The standard InChI is InChI=1S/C14H23NO3S/c1-4-12(15-2)6-5-11-19(16,17)14-9-7-13(18-3)8-10-14/h7-10,12,15H,4-6,11H2,1-3H3. The van der Waals surface area contributed by atoms with Gasteiger partial charge >= 0.3 is 0 Å². The molecule has 0 radical (unpaired) electrons. The second kappa shape index (κ2) is 7.50.